The van der Waals surface area contributed by atoms with Crippen LogP contribution in [0.1, 0.15) is 68.9 Å². The lowest BCUT2D eigenvalue weighted by Gasteiger charge is -2.21. The van der Waals surface area contributed by atoms with Gasteiger partial charge in [-0.1, -0.05) is 79.9 Å². The fourth-order valence-corrected chi connectivity index (χ4v) is 7.68. The minimum atomic E-state index is -0.326. The van der Waals surface area contributed by atoms with Crippen LogP contribution in [0.2, 0.25) is 0 Å². The molecule has 4 aliphatic rings. The van der Waals surface area contributed by atoms with Gasteiger partial charge in [-0.25, -0.2) is 0 Å². The van der Waals surface area contributed by atoms with Crippen molar-refractivity contribution in [3.63, 3.8) is 0 Å². The number of carbonyl (C=O) groups is 4. The Balaban J connectivity index is 0.000000185. The van der Waals surface area contributed by atoms with Crippen molar-refractivity contribution in [3.8, 4) is 11.5 Å². The van der Waals surface area contributed by atoms with E-state index in [9.17, 15) is 19.2 Å². The van der Waals surface area contributed by atoms with E-state index in [4.69, 9.17) is 18.9 Å². The van der Waals surface area contributed by atoms with Gasteiger partial charge < -0.3 is 18.9 Å². The molecule has 2 aromatic rings. The Kier molecular flexibility index (Phi) is 13.9. The number of rotatable bonds is 14. The van der Waals surface area contributed by atoms with E-state index in [0.717, 1.165) is 46.1 Å². The molecule has 0 radical (unpaired) electrons. The first-order valence-corrected chi connectivity index (χ1v) is 18.4. The van der Waals surface area contributed by atoms with Crippen LogP contribution in [0.15, 0.2) is 48.5 Å². The fourth-order valence-electron chi connectivity index (χ4n) is 5.96. The highest BCUT2D eigenvalue weighted by Crippen LogP contribution is 2.26. The van der Waals surface area contributed by atoms with Crippen molar-refractivity contribution >= 4 is 45.8 Å². The number of benzene rings is 2. The van der Waals surface area contributed by atoms with Gasteiger partial charge >= 0.3 is 0 Å². The van der Waals surface area contributed by atoms with E-state index >= 15 is 0 Å². The number of amides is 4. The van der Waals surface area contributed by atoms with Gasteiger partial charge in [-0.05, 0) is 73.9 Å². The lowest BCUT2D eigenvalue weighted by molar-refractivity contribution is -0.119. The zero-order valence-electron chi connectivity index (χ0n) is 26.6. The highest BCUT2D eigenvalue weighted by Gasteiger charge is 2.32. The van der Waals surface area contributed by atoms with Crippen LogP contribution in [0.4, 0.5) is 9.59 Å². The van der Waals surface area contributed by atoms with Gasteiger partial charge in [0.05, 0.1) is 35.9 Å². The molecule has 0 bridgehead atoms. The van der Waals surface area contributed by atoms with Crippen LogP contribution in [-0.2, 0) is 31.9 Å². The molecule has 2 atom stereocenters. The lowest BCUT2D eigenvalue weighted by Crippen LogP contribution is -2.25. The SMILES string of the molecule is O=C1NC(=O)C(Cc2ccc(OCCOC3CCCC3)cc2)S1.O=C1NC(=O)C(Cc2ccc(OCCOC3CCCCC3)cc2)S1. The third-order valence-corrected chi connectivity index (χ3v) is 10.5. The van der Waals surface area contributed by atoms with Crippen LogP contribution >= 0.6 is 23.5 Å². The lowest BCUT2D eigenvalue weighted by atomic mass is 9.98. The van der Waals surface area contributed by atoms with Gasteiger partial charge in [0, 0.05) is 0 Å². The predicted molar refractivity (Wildman–Crippen MR) is 182 cm³/mol. The van der Waals surface area contributed by atoms with E-state index in [1.54, 1.807) is 0 Å². The zero-order valence-corrected chi connectivity index (χ0v) is 28.3. The molecule has 0 aromatic heterocycles. The molecule has 0 spiro atoms. The van der Waals surface area contributed by atoms with Gasteiger partial charge in [-0.2, -0.15) is 0 Å². The highest BCUT2D eigenvalue weighted by molar-refractivity contribution is 8.15. The second-order valence-corrected chi connectivity index (χ2v) is 14.4. The van der Waals surface area contributed by atoms with E-state index in [-0.39, 0.29) is 32.8 Å². The minimum absolute atomic E-state index is 0.204. The first-order chi connectivity index (χ1) is 22.9. The Labute approximate surface area is 284 Å². The minimum Gasteiger partial charge on any atom is -0.491 e. The molecule has 2 aliphatic carbocycles. The molecular weight excluding hydrogens is 641 g/mol. The monoisotopic (exact) mass is 684 g/mol. The topological polar surface area (TPSA) is 129 Å². The smallest absolute Gasteiger partial charge is 0.286 e. The molecule has 4 amide bonds. The van der Waals surface area contributed by atoms with Crippen LogP contribution in [0.25, 0.3) is 0 Å². The third kappa shape index (κ3) is 11.8. The summed E-state index contributed by atoms with van der Waals surface area (Å²) >= 11 is 2.11. The Bertz CT molecular complexity index is 1330. The van der Waals surface area contributed by atoms with Gasteiger partial charge in [-0.15, -0.1) is 0 Å². The van der Waals surface area contributed by atoms with Gasteiger partial charge in [0.1, 0.15) is 24.7 Å². The standard InChI is InChI=1S/C18H23NO4S.C17H21NO4S/c20-17-16(24-18(21)19-17)12-13-6-8-15(9-7-13)23-11-10-22-14-4-2-1-3-5-14;19-16-15(23-17(20)18-16)11-12-5-7-14(8-6-12)22-10-9-21-13-3-1-2-4-13/h6-9,14,16H,1-5,10-12H2,(H,19,20,21);5-8,13,15H,1-4,9-11H2,(H,18,19,20). The summed E-state index contributed by atoms with van der Waals surface area (Å²) in [4.78, 5) is 45.4. The van der Waals surface area contributed by atoms with Crippen molar-refractivity contribution in [1.82, 2.24) is 10.6 Å². The normalized spacial score (nSPS) is 21.7. The van der Waals surface area contributed by atoms with Crippen molar-refractivity contribution in [1.29, 1.82) is 0 Å². The van der Waals surface area contributed by atoms with Crippen LogP contribution in [0.5, 0.6) is 11.5 Å². The van der Waals surface area contributed by atoms with Crippen molar-refractivity contribution in [2.75, 3.05) is 26.4 Å². The largest absolute Gasteiger partial charge is 0.491 e. The summed E-state index contributed by atoms with van der Waals surface area (Å²) in [6, 6.07) is 15.3. The molecule has 2 heterocycles. The number of imide groups is 2. The van der Waals surface area contributed by atoms with Gasteiger partial charge in [0.15, 0.2) is 0 Å². The van der Waals surface area contributed by atoms with Crippen molar-refractivity contribution in [2.45, 2.75) is 93.3 Å². The molecule has 12 heteroatoms. The molecule has 2 unspecified atom stereocenters. The maximum absolute atomic E-state index is 11.6. The predicted octanol–water partition coefficient (Wildman–Crippen LogP) is 6.23. The van der Waals surface area contributed by atoms with Crippen molar-refractivity contribution < 1.29 is 38.1 Å². The first-order valence-electron chi connectivity index (χ1n) is 16.6. The summed E-state index contributed by atoms with van der Waals surface area (Å²) in [7, 11) is 0. The van der Waals surface area contributed by atoms with Crippen molar-refractivity contribution in [2.24, 2.45) is 0 Å². The number of thioether (sulfide) groups is 2. The van der Waals surface area contributed by atoms with E-state index < -0.39 is 0 Å². The average molecular weight is 685 g/mol. The van der Waals surface area contributed by atoms with Crippen molar-refractivity contribution in [3.05, 3.63) is 59.7 Å². The molecule has 6 rings (SSSR count). The zero-order chi connectivity index (χ0) is 32.8. The maximum Gasteiger partial charge on any atom is 0.286 e. The second kappa shape index (κ2) is 18.5. The number of carbonyl (C=O) groups excluding carboxylic acids is 4. The van der Waals surface area contributed by atoms with Crippen LogP contribution in [0.3, 0.4) is 0 Å². The summed E-state index contributed by atoms with van der Waals surface area (Å²) in [5, 5.41) is 3.43. The number of hydrogen-bond donors (Lipinski definition) is 2. The summed E-state index contributed by atoms with van der Waals surface area (Å²) in [5.41, 5.74) is 2.03. The van der Waals surface area contributed by atoms with E-state index in [1.165, 1.54) is 57.8 Å². The third-order valence-electron chi connectivity index (χ3n) is 8.49. The summed E-state index contributed by atoms with van der Waals surface area (Å²) in [5.74, 6) is 1.18. The quantitative estimate of drug-likeness (QED) is 0.221. The second-order valence-electron chi connectivity index (χ2n) is 12.1. The molecule has 2 aromatic carbocycles. The molecule has 4 fully saturated rings. The number of ether oxygens (including phenoxy) is 4. The van der Waals surface area contributed by atoms with Crippen LogP contribution in [0, 0.1) is 0 Å². The molecule has 2 aliphatic heterocycles. The molecule has 2 saturated carbocycles. The highest BCUT2D eigenvalue weighted by atomic mass is 32.2. The Morgan fingerprint density at radius 1 is 0.532 bits per heavy atom. The summed E-state index contributed by atoms with van der Waals surface area (Å²) in [6.07, 6.45) is 13.0. The Hall–Kier alpha value is -3.06. The van der Waals surface area contributed by atoms with Gasteiger partial charge in [0.25, 0.3) is 10.5 Å². The molecule has 10 nitrogen and oxygen atoms in total. The maximum atomic E-state index is 11.6. The van der Waals surface area contributed by atoms with E-state index in [1.807, 2.05) is 48.5 Å². The summed E-state index contributed by atoms with van der Waals surface area (Å²) in [6.45, 7) is 2.33. The van der Waals surface area contributed by atoms with E-state index in [0.29, 0.717) is 51.5 Å². The Morgan fingerprint density at radius 3 is 1.28 bits per heavy atom. The number of nitrogens with one attached hydrogen (secondary N) is 2. The van der Waals surface area contributed by atoms with E-state index in [2.05, 4.69) is 10.6 Å². The summed E-state index contributed by atoms with van der Waals surface area (Å²) < 4.78 is 23.0. The molecule has 2 saturated heterocycles. The molecule has 47 heavy (non-hydrogen) atoms. The number of hydrogen-bond acceptors (Lipinski definition) is 10. The van der Waals surface area contributed by atoms with Crippen LogP contribution < -0.4 is 20.1 Å². The van der Waals surface area contributed by atoms with Gasteiger partial charge in [-0.3, -0.25) is 29.8 Å². The molecule has 2 N–H and O–H groups in total. The first kappa shape index (κ1) is 35.3. The molecule has 254 valence electrons. The Morgan fingerprint density at radius 2 is 0.915 bits per heavy atom. The average Bonchev–Trinajstić information content (AvgIpc) is 3.79. The molecular formula is C35H44N2O8S2. The van der Waals surface area contributed by atoms with Gasteiger partial charge in [0.2, 0.25) is 11.8 Å². The van der Waals surface area contributed by atoms with Crippen LogP contribution in [-0.4, -0.2) is 71.4 Å². The fraction of sp³-hybridized carbons (Fsp3) is 0.543.